The maximum Gasteiger partial charge on any atom is 0.298 e. The molecule has 0 aromatic heterocycles. The molecule has 0 spiro atoms. The van der Waals surface area contributed by atoms with E-state index in [0.29, 0.717) is 24.0 Å². The molecule has 0 fully saturated rings. The first-order valence-electron chi connectivity index (χ1n) is 8.40. The monoisotopic (exact) mass is 430 g/mol. The van der Waals surface area contributed by atoms with Crippen molar-refractivity contribution in [3.63, 3.8) is 0 Å². The molecule has 10 heteroatoms. The summed E-state index contributed by atoms with van der Waals surface area (Å²) >= 11 is 0. The molecule has 0 aliphatic rings. The highest BCUT2D eigenvalue weighted by atomic mass is 32.2. The second kappa shape index (κ2) is 8.91. The van der Waals surface area contributed by atoms with Crippen LogP contribution in [0.25, 0.3) is 0 Å². The van der Waals surface area contributed by atoms with Gasteiger partial charge in [-0.25, -0.2) is 0 Å². The fourth-order valence-corrected chi connectivity index (χ4v) is 3.87. The van der Waals surface area contributed by atoms with Crippen molar-refractivity contribution in [2.24, 2.45) is 0 Å². The van der Waals surface area contributed by atoms with Crippen LogP contribution in [0.5, 0.6) is 11.5 Å². The Morgan fingerprint density at radius 1 is 0.714 bits per heavy atom. The number of benzene rings is 2. The van der Waals surface area contributed by atoms with Gasteiger partial charge < -0.3 is 9.47 Å². The van der Waals surface area contributed by atoms with E-state index in [9.17, 15) is 25.9 Å². The molecule has 0 amide bonds. The van der Waals surface area contributed by atoms with Crippen LogP contribution in [0.15, 0.2) is 46.2 Å². The molecule has 2 N–H and O–H groups in total. The summed E-state index contributed by atoms with van der Waals surface area (Å²) in [5.74, 6) is 0.113. The van der Waals surface area contributed by atoms with Crippen LogP contribution in [0.3, 0.4) is 0 Å². The van der Waals surface area contributed by atoms with Crippen molar-refractivity contribution in [3.8, 4) is 11.5 Å². The lowest BCUT2D eigenvalue weighted by molar-refractivity contribution is 0.259. The van der Waals surface area contributed by atoms with Gasteiger partial charge in [-0.3, -0.25) is 9.11 Å². The first kappa shape index (κ1) is 22.2. The van der Waals surface area contributed by atoms with Crippen molar-refractivity contribution in [2.45, 2.75) is 36.5 Å². The van der Waals surface area contributed by atoms with Crippen LogP contribution in [0.2, 0.25) is 0 Å². The van der Waals surface area contributed by atoms with Crippen molar-refractivity contribution in [1.29, 1.82) is 0 Å². The highest BCUT2D eigenvalue weighted by Gasteiger charge is 2.18. The zero-order valence-corrected chi connectivity index (χ0v) is 17.1. The molecule has 0 atom stereocenters. The summed E-state index contributed by atoms with van der Waals surface area (Å²) in [7, 11) is -8.78. The largest absolute Gasteiger partial charge is 0.492 e. The van der Waals surface area contributed by atoms with E-state index < -0.39 is 20.2 Å². The Labute approximate surface area is 164 Å². The number of rotatable bonds is 9. The van der Waals surface area contributed by atoms with Crippen LogP contribution in [0.4, 0.5) is 0 Å². The van der Waals surface area contributed by atoms with Crippen molar-refractivity contribution in [1.82, 2.24) is 0 Å². The topological polar surface area (TPSA) is 127 Å². The number of hydrogen-bond donors (Lipinski definition) is 2. The summed E-state index contributed by atoms with van der Waals surface area (Å²) in [5.41, 5.74) is 1.34. The van der Waals surface area contributed by atoms with Crippen LogP contribution in [-0.2, 0) is 20.2 Å². The van der Waals surface area contributed by atoms with Crippen LogP contribution in [-0.4, -0.2) is 39.2 Å². The first-order chi connectivity index (χ1) is 13.0. The molecule has 2 aromatic rings. The number of aryl methyl sites for hydroxylation is 2. The Bertz CT molecular complexity index is 958. The Balaban J connectivity index is 1.89. The molecular weight excluding hydrogens is 408 g/mol. The standard InChI is InChI=1S/C18H22O8S2/c1-13-5-7-15(17(11-13)27(19,20)21)25-9-3-4-10-26-16-8-6-14(2)12-18(16)28(22,23)24/h5-8,11-12H,3-4,9-10H2,1-2H3,(H,19,20,21)(H,22,23,24). The molecule has 0 saturated heterocycles. The van der Waals surface area contributed by atoms with Gasteiger partial charge in [0.2, 0.25) is 0 Å². The minimum atomic E-state index is -4.39. The Morgan fingerprint density at radius 2 is 1.07 bits per heavy atom. The maximum atomic E-state index is 11.4. The lowest BCUT2D eigenvalue weighted by atomic mass is 10.2. The van der Waals surface area contributed by atoms with Crippen molar-refractivity contribution in [3.05, 3.63) is 47.5 Å². The predicted molar refractivity (Wildman–Crippen MR) is 102 cm³/mol. The highest BCUT2D eigenvalue weighted by molar-refractivity contribution is 7.86. The fraction of sp³-hybridized carbons (Fsp3) is 0.333. The summed E-state index contributed by atoms with van der Waals surface area (Å²) in [6, 6.07) is 8.92. The third-order valence-corrected chi connectivity index (χ3v) is 5.56. The minimum absolute atomic E-state index is 0.0567. The van der Waals surface area contributed by atoms with E-state index in [1.54, 1.807) is 26.0 Å². The smallest absolute Gasteiger partial charge is 0.298 e. The summed E-state index contributed by atoms with van der Waals surface area (Å²) in [4.78, 5) is -0.581. The van der Waals surface area contributed by atoms with Gasteiger partial charge in [0, 0.05) is 0 Å². The average molecular weight is 431 g/mol. The summed E-state index contributed by atoms with van der Waals surface area (Å²) in [6.45, 7) is 3.74. The van der Waals surface area contributed by atoms with E-state index in [0.717, 1.165) is 0 Å². The second-order valence-corrected chi connectivity index (χ2v) is 9.03. The van der Waals surface area contributed by atoms with E-state index in [2.05, 4.69) is 0 Å². The third kappa shape index (κ3) is 6.20. The molecule has 0 bridgehead atoms. The molecule has 0 heterocycles. The Hall–Kier alpha value is -2.14. The molecule has 0 unspecified atom stereocenters. The van der Waals surface area contributed by atoms with Gasteiger partial charge in [0.05, 0.1) is 13.2 Å². The van der Waals surface area contributed by atoms with E-state index in [-0.39, 0.29) is 34.5 Å². The van der Waals surface area contributed by atoms with Crippen LogP contribution in [0.1, 0.15) is 24.0 Å². The summed E-state index contributed by atoms with van der Waals surface area (Å²) in [6.07, 6.45) is 0.984. The molecule has 0 aliphatic heterocycles. The van der Waals surface area contributed by atoms with E-state index >= 15 is 0 Å². The van der Waals surface area contributed by atoms with Gasteiger partial charge in [-0.05, 0) is 62.1 Å². The van der Waals surface area contributed by atoms with E-state index in [1.807, 2.05) is 0 Å². The van der Waals surface area contributed by atoms with Gasteiger partial charge in [0.25, 0.3) is 20.2 Å². The highest BCUT2D eigenvalue weighted by Crippen LogP contribution is 2.26. The molecule has 28 heavy (non-hydrogen) atoms. The van der Waals surface area contributed by atoms with Gasteiger partial charge in [-0.15, -0.1) is 0 Å². The molecule has 2 rings (SSSR count). The normalized spacial score (nSPS) is 12.0. The molecule has 8 nitrogen and oxygen atoms in total. The average Bonchev–Trinajstić information content (AvgIpc) is 2.58. The lowest BCUT2D eigenvalue weighted by Crippen LogP contribution is -2.08. The molecule has 0 saturated carbocycles. The second-order valence-electron chi connectivity index (χ2n) is 6.25. The fourth-order valence-electron chi connectivity index (χ4n) is 2.44. The molecule has 2 aromatic carbocycles. The molecule has 0 radical (unpaired) electrons. The minimum Gasteiger partial charge on any atom is -0.492 e. The zero-order chi connectivity index (χ0) is 20.9. The van der Waals surface area contributed by atoms with Gasteiger partial charge >= 0.3 is 0 Å². The van der Waals surface area contributed by atoms with Gasteiger partial charge in [-0.1, -0.05) is 12.1 Å². The Kier molecular flexibility index (Phi) is 7.05. The number of hydrogen-bond acceptors (Lipinski definition) is 6. The third-order valence-electron chi connectivity index (χ3n) is 3.81. The van der Waals surface area contributed by atoms with Gasteiger partial charge in [-0.2, -0.15) is 16.8 Å². The molecular formula is C18H22O8S2. The van der Waals surface area contributed by atoms with Crippen molar-refractivity contribution < 1.29 is 35.4 Å². The molecule has 0 aliphatic carbocycles. The van der Waals surface area contributed by atoms with Crippen molar-refractivity contribution >= 4 is 20.2 Å². The van der Waals surface area contributed by atoms with E-state index in [1.165, 1.54) is 24.3 Å². The number of unbranched alkanes of at least 4 members (excludes halogenated alkanes) is 1. The maximum absolute atomic E-state index is 11.4. The van der Waals surface area contributed by atoms with Crippen LogP contribution >= 0.6 is 0 Å². The van der Waals surface area contributed by atoms with E-state index in [4.69, 9.17) is 9.47 Å². The SMILES string of the molecule is Cc1ccc(OCCCCOc2ccc(C)cc2S(=O)(=O)O)c(S(=O)(=O)O)c1. The van der Waals surface area contributed by atoms with Crippen LogP contribution in [0, 0.1) is 13.8 Å². The number of ether oxygens (including phenoxy) is 2. The van der Waals surface area contributed by atoms with Crippen LogP contribution < -0.4 is 9.47 Å². The Morgan fingerprint density at radius 3 is 1.39 bits per heavy atom. The quantitative estimate of drug-likeness (QED) is 0.459. The zero-order valence-electron chi connectivity index (χ0n) is 15.5. The predicted octanol–water partition coefficient (Wildman–Crippen LogP) is 3.03. The summed E-state index contributed by atoms with van der Waals surface area (Å²) < 4.78 is 75.1. The lowest BCUT2D eigenvalue weighted by Gasteiger charge is -2.12. The molecule has 154 valence electrons. The first-order valence-corrected chi connectivity index (χ1v) is 11.3. The van der Waals surface area contributed by atoms with Gasteiger partial charge in [0.1, 0.15) is 21.3 Å². The van der Waals surface area contributed by atoms with Gasteiger partial charge in [0.15, 0.2) is 0 Å². The van der Waals surface area contributed by atoms with Crippen molar-refractivity contribution in [2.75, 3.05) is 13.2 Å². The summed E-state index contributed by atoms with van der Waals surface area (Å²) in [5, 5.41) is 0.